The highest BCUT2D eigenvalue weighted by Gasteiger charge is 2.15. The van der Waals surface area contributed by atoms with Gasteiger partial charge in [-0.15, -0.1) is 0 Å². The van der Waals surface area contributed by atoms with E-state index in [4.69, 9.17) is 16.1 Å². The Kier molecular flexibility index (Phi) is 6.19. The van der Waals surface area contributed by atoms with Crippen LogP contribution in [0.4, 0.5) is 4.39 Å². The van der Waals surface area contributed by atoms with Crippen molar-refractivity contribution in [2.75, 3.05) is 0 Å². The second kappa shape index (κ2) is 8.77. The summed E-state index contributed by atoms with van der Waals surface area (Å²) in [6, 6.07) is 13.2. The highest BCUT2D eigenvalue weighted by Crippen LogP contribution is 2.20. The average Bonchev–Trinajstić information content (AvgIpc) is 3.15. The first-order chi connectivity index (χ1) is 13.0. The number of aryl methyl sites for hydroxylation is 1. The quantitative estimate of drug-likeness (QED) is 0.636. The van der Waals surface area contributed by atoms with Crippen LogP contribution in [0.2, 0.25) is 5.02 Å². The van der Waals surface area contributed by atoms with Crippen LogP contribution in [0.25, 0.3) is 11.4 Å². The fourth-order valence-corrected chi connectivity index (χ4v) is 2.80. The van der Waals surface area contributed by atoms with Gasteiger partial charge in [-0.3, -0.25) is 4.79 Å². The van der Waals surface area contributed by atoms with Crippen molar-refractivity contribution in [3.63, 3.8) is 0 Å². The van der Waals surface area contributed by atoms with E-state index in [0.29, 0.717) is 28.7 Å². The Bertz CT molecular complexity index is 894. The molecular formula is C20H19ClFN3O2. The molecule has 0 aliphatic rings. The molecule has 0 aliphatic heterocycles. The summed E-state index contributed by atoms with van der Waals surface area (Å²) in [5, 5.41) is 7.54. The van der Waals surface area contributed by atoms with E-state index in [-0.39, 0.29) is 24.2 Å². The van der Waals surface area contributed by atoms with Gasteiger partial charge in [-0.05, 0) is 48.4 Å². The molecule has 0 saturated carbocycles. The lowest BCUT2D eigenvalue weighted by molar-refractivity contribution is -0.121. The van der Waals surface area contributed by atoms with E-state index in [1.807, 2.05) is 19.1 Å². The first-order valence-electron chi connectivity index (χ1n) is 8.68. The first-order valence-corrected chi connectivity index (χ1v) is 9.06. The van der Waals surface area contributed by atoms with Crippen LogP contribution in [0.1, 0.15) is 37.3 Å². The van der Waals surface area contributed by atoms with Crippen LogP contribution in [0.3, 0.4) is 0 Å². The zero-order valence-electron chi connectivity index (χ0n) is 14.8. The van der Waals surface area contributed by atoms with Crippen molar-refractivity contribution >= 4 is 17.5 Å². The molecule has 1 atom stereocenters. The highest BCUT2D eigenvalue weighted by molar-refractivity contribution is 6.30. The molecule has 27 heavy (non-hydrogen) atoms. The van der Waals surface area contributed by atoms with Gasteiger partial charge in [0.05, 0.1) is 6.04 Å². The molecule has 0 fully saturated rings. The summed E-state index contributed by atoms with van der Waals surface area (Å²) in [6.45, 7) is 2.01. The molecule has 3 aromatic rings. The summed E-state index contributed by atoms with van der Waals surface area (Å²) >= 11 is 5.91. The van der Waals surface area contributed by atoms with Gasteiger partial charge in [-0.25, -0.2) is 4.39 Å². The van der Waals surface area contributed by atoms with E-state index >= 15 is 0 Å². The van der Waals surface area contributed by atoms with E-state index in [9.17, 15) is 9.18 Å². The van der Waals surface area contributed by atoms with Crippen LogP contribution in [0, 0.1) is 5.82 Å². The van der Waals surface area contributed by atoms with Gasteiger partial charge >= 0.3 is 0 Å². The third-order valence-corrected chi connectivity index (χ3v) is 4.40. The minimum atomic E-state index is -0.328. The van der Waals surface area contributed by atoms with Gasteiger partial charge in [0, 0.05) is 23.4 Å². The van der Waals surface area contributed by atoms with Crippen LogP contribution in [0.15, 0.2) is 53.1 Å². The Balaban J connectivity index is 1.55. The van der Waals surface area contributed by atoms with Crippen LogP contribution < -0.4 is 5.32 Å². The Morgan fingerprint density at radius 2 is 1.89 bits per heavy atom. The molecular weight excluding hydrogens is 369 g/mol. The van der Waals surface area contributed by atoms with Gasteiger partial charge in [-0.2, -0.15) is 4.98 Å². The first kappa shape index (κ1) is 19.0. The SMILES string of the molecule is CC[C@H](NC(=O)CCc1nc(-c2ccc(F)cc2)no1)c1ccc(Cl)cc1. The van der Waals surface area contributed by atoms with Gasteiger partial charge in [0.25, 0.3) is 0 Å². The summed E-state index contributed by atoms with van der Waals surface area (Å²) in [6.07, 6.45) is 1.33. The molecule has 7 heteroatoms. The van der Waals surface area contributed by atoms with Gasteiger partial charge in [0.1, 0.15) is 5.82 Å². The summed E-state index contributed by atoms with van der Waals surface area (Å²) in [5.41, 5.74) is 1.66. The molecule has 1 N–H and O–H groups in total. The van der Waals surface area contributed by atoms with E-state index in [0.717, 1.165) is 12.0 Å². The number of hydrogen-bond donors (Lipinski definition) is 1. The summed E-state index contributed by atoms with van der Waals surface area (Å²) in [7, 11) is 0. The molecule has 1 amide bonds. The number of hydrogen-bond acceptors (Lipinski definition) is 4. The van der Waals surface area contributed by atoms with Gasteiger partial charge in [0.15, 0.2) is 0 Å². The number of carbonyl (C=O) groups is 1. The number of rotatable bonds is 7. The van der Waals surface area contributed by atoms with Gasteiger partial charge < -0.3 is 9.84 Å². The third kappa shape index (κ3) is 5.14. The van der Waals surface area contributed by atoms with Crippen molar-refractivity contribution < 1.29 is 13.7 Å². The Morgan fingerprint density at radius 3 is 2.56 bits per heavy atom. The smallest absolute Gasteiger partial charge is 0.227 e. The molecule has 3 rings (SSSR count). The monoisotopic (exact) mass is 387 g/mol. The van der Waals surface area contributed by atoms with Crippen LogP contribution >= 0.6 is 11.6 Å². The lowest BCUT2D eigenvalue weighted by atomic mass is 10.0. The van der Waals surface area contributed by atoms with Gasteiger partial charge in [-0.1, -0.05) is 35.8 Å². The van der Waals surface area contributed by atoms with Crippen LogP contribution in [-0.4, -0.2) is 16.0 Å². The number of benzene rings is 2. The zero-order valence-corrected chi connectivity index (χ0v) is 15.5. The molecule has 0 aliphatic carbocycles. The Labute approximate surface area is 161 Å². The maximum absolute atomic E-state index is 13.0. The number of halogens is 2. The molecule has 0 bridgehead atoms. The number of aromatic nitrogens is 2. The van der Waals surface area contributed by atoms with E-state index in [1.165, 1.54) is 12.1 Å². The maximum atomic E-state index is 13.0. The molecule has 5 nitrogen and oxygen atoms in total. The van der Waals surface area contributed by atoms with Crippen molar-refractivity contribution in [1.82, 2.24) is 15.5 Å². The molecule has 0 radical (unpaired) electrons. The maximum Gasteiger partial charge on any atom is 0.227 e. The van der Waals surface area contributed by atoms with Gasteiger partial charge in [0.2, 0.25) is 17.6 Å². The van der Waals surface area contributed by atoms with Crippen molar-refractivity contribution in [2.45, 2.75) is 32.2 Å². The summed E-state index contributed by atoms with van der Waals surface area (Å²) in [4.78, 5) is 16.5. The predicted molar refractivity (Wildman–Crippen MR) is 101 cm³/mol. The molecule has 0 unspecified atom stereocenters. The lowest BCUT2D eigenvalue weighted by Gasteiger charge is -2.17. The minimum Gasteiger partial charge on any atom is -0.349 e. The van der Waals surface area contributed by atoms with E-state index < -0.39 is 0 Å². The number of carbonyl (C=O) groups excluding carboxylic acids is 1. The van der Waals surface area contributed by atoms with Crippen molar-refractivity contribution in [1.29, 1.82) is 0 Å². The second-order valence-corrected chi connectivity index (χ2v) is 6.53. The second-order valence-electron chi connectivity index (χ2n) is 6.10. The predicted octanol–water partition coefficient (Wildman–Crippen LogP) is 4.73. The normalized spacial score (nSPS) is 12.0. The summed E-state index contributed by atoms with van der Waals surface area (Å²) in [5.74, 6) is 0.311. The molecule has 2 aromatic carbocycles. The molecule has 1 heterocycles. The average molecular weight is 388 g/mol. The molecule has 0 saturated heterocycles. The zero-order chi connectivity index (χ0) is 19.2. The largest absolute Gasteiger partial charge is 0.349 e. The van der Waals surface area contributed by atoms with Crippen LogP contribution in [-0.2, 0) is 11.2 Å². The number of nitrogens with one attached hydrogen (secondary N) is 1. The lowest BCUT2D eigenvalue weighted by Crippen LogP contribution is -2.28. The molecule has 0 spiro atoms. The third-order valence-electron chi connectivity index (χ3n) is 4.15. The fourth-order valence-electron chi connectivity index (χ4n) is 2.68. The van der Waals surface area contributed by atoms with Crippen molar-refractivity contribution in [3.05, 3.63) is 70.8 Å². The fraction of sp³-hybridized carbons (Fsp3) is 0.250. The van der Waals surface area contributed by atoms with Crippen LogP contribution in [0.5, 0.6) is 0 Å². The van der Waals surface area contributed by atoms with Crippen molar-refractivity contribution in [2.24, 2.45) is 0 Å². The molecule has 1 aromatic heterocycles. The van der Waals surface area contributed by atoms with E-state index in [2.05, 4.69) is 15.5 Å². The topological polar surface area (TPSA) is 68.0 Å². The number of nitrogens with zero attached hydrogens (tertiary/aromatic N) is 2. The number of amides is 1. The van der Waals surface area contributed by atoms with E-state index in [1.54, 1.807) is 24.3 Å². The Hall–Kier alpha value is -2.73. The standard InChI is InChI=1S/C20H19ClFN3O2/c1-2-17(13-3-7-15(21)8-4-13)23-18(26)11-12-19-24-20(25-27-19)14-5-9-16(22)10-6-14/h3-10,17H,2,11-12H2,1H3,(H,23,26)/t17-/m0/s1. The molecule has 140 valence electrons. The Morgan fingerprint density at radius 1 is 1.19 bits per heavy atom. The minimum absolute atomic E-state index is 0.0766. The summed E-state index contributed by atoms with van der Waals surface area (Å²) < 4.78 is 18.2. The highest BCUT2D eigenvalue weighted by atomic mass is 35.5. The van der Waals surface area contributed by atoms with Crippen molar-refractivity contribution in [3.8, 4) is 11.4 Å².